The van der Waals surface area contributed by atoms with Crippen LogP contribution in [0.2, 0.25) is 0 Å². The number of anilines is 1. The van der Waals surface area contributed by atoms with E-state index in [-0.39, 0.29) is 18.0 Å². The summed E-state index contributed by atoms with van der Waals surface area (Å²) in [6, 6.07) is 3.57. The van der Waals surface area contributed by atoms with Gasteiger partial charge in [-0.05, 0) is 31.7 Å². The molecule has 0 radical (unpaired) electrons. The molecule has 1 aliphatic rings. The number of esters is 1. The summed E-state index contributed by atoms with van der Waals surface area (Å²) < 4.78 is 6.24. The van der Waals surface area contributed by atoms with Gasteiger partial charge in [0.25, 0.3) is 5.91 Å². The topological polar surface area (TPSA) is 97.0 Å². The first-order chi connectivity index (χ1) is 11.5. The van der Waals surface area contributed by atoms with Gasteiger partial charge in [-0.25, -0.2) is 4.79 Å². The second-order valence-corrected chi connectivity index (χ2v) is 6.49. The van der Waals surface area contributed by atoms with E-state index in [1.54, 1.807) is 14.0 Å². The summed E-state index contributed by atoms with van der Waals surface area (Å²) in [5.41, 5.74) is 1.91. The van der Waals surface area contributed by atoms with Crippen molar-refractivity contribution in [3.63, 3.8) is 0 Å². The summed E-state index contributed by atoms with van der Waals surface area (Å²) in [7, 11) is 1.57. The highest BCUT2D eigenvalue weighted by Crippen LogP contribution is 2.38. The molecule has 24 heavy (non-hydrogen) atoms. The van der Waals surface area contributed by atoms with Gasteiger partial charge in [-0.3, -0.25) is 9.48 Å². The van der Waals surface area contributed by atoms with Crippen LogP contribution in [0.4, 0.5) is 5.00 Å². The smallest absolute Gasteiger partial charge is 0.356 e. The lowest BCUT2D eigenvalue weighted by atomic mass is 10.1. The van der Waals surface area contributed by atoms with Gasteiger partial charge in [-0.15, -0.1) is 11.3 Å². The molecule has 7 nitrogen and oxygen atoms in total. The maximum absolute atomic E-state index is 12.4. The van der Waals surface area contributed by atoms with Gasteiger partial charge in [0.1, 0.15) is 16.8 Å². The van der Waals surface area contributed by atoms with Crippen LogP contribution in [-0.4, -0.2) is 28.3 Å². The van der Waals surface area contributed by atoms with Gasteiger partial charge in [0, 0.05) is 18.0 Å². The lowest BCUT2D eigenvalue weighted by molar-refractivity contribution is 0.0513. The third kappa shape index (κ3) is 2.78. The Morgan fingerprint density at radius 3 is 3.00 bits per heavy atom. The number of amides is 1. The lowest BCUT2D eigenvalue weighted by Gasteiger charge is -2.01. The average molecular weight is 344 g/mol. The molecule has 0 aliphatic heterocycles. The lowest BCUT2D eigenvalue weighted by Crippen LogP contribution is -2.13. The molecule has 0 fully saturated rings. The van der Waals surface area contributed by atoms with Gasteiger partial charge >= 0.3 is 5.97 Å². The predicted octanol–water partition coefficient (Wildman–Crippen LogP) is 2.27. The number of nitrogens with zero attached hydrogens (tertiary/aromatic N) is 3. The number of thiophene rings is 1. The maximum atomic E-state index is 12.4. The van der Waals surface area contributed by atoms with Gasteiger partial charge in [0.05, 0.1) is 12.2 Å². The van der Waals surface area contributed by atoms with E-state index in [0.29, 0.717) is 10.6 Å². The second kappa shape index (κ2) is 6.45. The quantitative estimate of drug-likeness (QED) is 0.858. The normalized spacial score (nSPS) is 12.5. The third-order valence-corrected chi connectivity index (χ3v) is 5.06. The van der Waals surface area contributed by atoms with Gasteiger partial charge < -0.3 is 10.1 Å². The molecular formula is C16H16N4O3S. The third-order valence-electron chi connectivity index (χ3n) is 3.86. The molecule has 3 rings (SSSR count). The van der Waals surface area contributed by atoms with Crippen LogP contribution in [0.3, 0.4) is 0 Å². The van der Waals surface area contributed by atoms with Crippen LogP contribution in [0.1, 0.15) is 50.3 Å². The molecule has 1 aliphatic carbocycles. The van der Waals surface area contributed by atoms with Crippen molar-refractivity contribution < 1.29 is 14.3 Å². The number of nitrogens with one attached hydrogen (secondary N) is 1. The number of nitriles is 1. The highest BCUT2D eigenvalue weighted by molar-refractivity contribution is 7.16. The van der Waals surface area contributed by atoms with E-state index in [0.717, 1.165) is 29.7 Å². The Balaban J connectivity index is 1.83. The van der Waals surface area contributed by atoms with Crippen LogP contribution < -0.4 is 5.32 Å². The molecule has 0 bridgehead atoms. The Morgan fingerprint density at radius 2 is 2.29 bits per heavy atom. The van der Waals surface area contributed by atoms with Crippen molar-refractivity contribution in [2.75, 3.05) is 11.9 Å². The van der Waals surface area contributed by atoms with Crippen molar-refractivity contribution in [3.8, 4) is 6.07 Å². The van der Waals surface area contributed by atoms with Crippen molar-refractivity contribution >= 4 is 28.2 Å². The van der Waals surface area contributed by atoms with E-state index < -0.39 is 11.9 Å². The van der Waals surface area contributed by atoms with Gasteiger partial charge in [-0.1, -0.05) is 0 Å². The van der Waals surface area contributed by atoms with E-state index >= 15 is 0 Å². The van der Waals surface area contributed by atoms with Crippen LogP contribution in [0.25, 0.3) is 0 Å². The number of hydrogen-bond donors (Lipinski definition) is 1. The zero-order valence-corrected chi connectivity index (χ0v) is 14.2. The maximum Gasteiger partial charge on any atom is 0.356 e. The standard InChI is InChI=1S/C16H16N4O3S/c1-3-23-16(22)12-7-11(19-20(12)2)14(21)18-15-10(8-17)9-5-4-6-13(9)24-15/h7H,3-6H2,1-2H3,(H,18,21). The molecule has 1 amide bonds. The Bertz CT molecular complexity index is 860. The minimum Gasteiger partial charge on any atom is -0.461 e. The van der Waals surface area contributed by atoms with E-state index in [9.17, 15) is 14.9 Å². The predicted molar refractivity (Wildman–Crippen MR) is 88.2 cm³/mol. The van der Waals surface area contributed by atoms with Crippen molar-refractivity contribution in [2.24, 2.45) is 7.05 Å². The molecule has 0 saturated heterocycles. The monoisotopic (exact) mass is 344 g/mol. The van der Waals surface area contributed by atoms with E-state index in [4.69, 9.17) is 4.74 Å². The fraction of sp³-hybridized carbons (Fsp3) is 0.375. The summed E-state index contributed by atoms with van der Waals surface area (Å²) in [6.45, 7) is 1.96. The SMILES string of the molecule is CCOC(=O)c1cc(C(=O)Nc2sc3c(c2C#N)CCC3)nn1C. The number of aryl methyl sites for hydroxylation is 2. The van der Waals surface area contributed by atoms with Crippen LogP contribution in [-0.2, 0) is 24.6 Å². The second-order valence-electron chi connectivity index (χ2n) is 5.39. The number of rotatable bonds is 4. The minimum atomic E-state index is -0.528. The first-order valence-corrected chi connectivity index (χ1v) is 8.44. The van der Waals surface area contributed by atoms with Gasteiger partial charge in [0.15, 0.2) is 5.69 Å². The molecule has 0 atom stereocenters. The molecule has 2 aromatic rings. The van der Waals surface area contributed by atoms with Crippen LogP contribution in [0.15, 0.2) is 6.07 Å². The fourth-order valence-electron chi connectivity index (χ4n) is 2.75. The number of fused-ring (bicyclic) bond motifs is 1. The molecule has 0 aromatic carbocycles. The zero-order chi connectivity index (χ0) is 17.3. The number of hydrogen-bond acceptors (Lipinski definition) is 6. The van der Waals surface area contributed by atoms with Crippen LogP contribution in [0.5, 0.6) is 0 Å². The van der Waals surface area contributed by atoms with Gasteiger partial charge in [0.2, 0.25) is 0 Å². The summed E-state index contributed by atoms with van der Waals surface area (Å²) in [6.07, 6.45) is 2.87. The van der Waals surface area contributed by atoms with E-state index in [1.807, 2.05) is 0 Å². The summed E-state index contributed by atoms with van der Waals surface area (Å²) in [5.74, 6) is -0.975. The highest BCUT2D eigenvalue weighted by atomic mass is 32.1. The Kier molecular flexibility index (Phi) is 4.36. The van der Waals surface area contributed by atoms with Crippen molar-refractivity contribution in [3.05, 3.63) is 33.5 Å². The first-order valence-electron chi connectivity index (χ1n) is 7.62. The Hall–Kier alpha value is -2.66. The minimum absolute atomic E-state index is 0.109. The van der Waals surface area contributed by atoms with E-state index in [1.165, 1.54) is 22.1 Å². The number of carbonyl (C=O) groups is 2. The fourth-order valence-corrected chi connectivity index (χ4v) is 3.99. The largest absolute Gasteiger partial charge is 0.461 e. The molecule has 8 heteroatoms. The molecule has 0 unspecified atom stereocenters. The number of carbonyl (C=O) groups excluding carboxylic acids is 2. The van der Waals surface area contributed by atoms with Crippen molar-refractivity contribution in [1.82, 2.24) is 9.78 Å². The van der Waals surface area contributed by atoms with Crippen LogP contribution in [0, 0.1) is 11.3 Å². The van der Waals surface area contributed by atoms with E-state index in [2.05, 4.69) is 16.5 Å². The molecule has 2 heterocycles. The molecule has 1 N–H and O–H groups in total. The number of ether oxygens (including phenoxy) is 1. The molecule has 124 valence electrons. The Labute approximate surface area is 142 Å². The van der Waals surface area contributed by atoms with Crippen molar-refractivity contribution in [2.45, 2.75) is 26.2 Å². The summed E-state index contributed by atoms with van der Waals surface area (Å²) in [4.78, 5) is 25.4. The van der Waals surface area contributed by atoms with Crippen LogP contribution >= 0.6 is 11.3 Å². The molecular weight excluding hydrogens is 328 g/mol. The highest BCUT2D eigenvalue weighted by Gasteiger charge is 2.25. The zero-order valence-electron chi connectivity index (χ0n) is 13.4. The molecule has 2 aromatic heterocycles. The summed E-state index contributed by atoms with van der Waals surface area (Å²) in [5, 5.41) is 16.7. The number of aromatic nitrogens is 2. The summed E-state index contributed by atoms with van der Waals surface area (Å²) >= 11 is 1.44. The molecule has 0 saturated carbocycles. The first kappa shape index (κ1) is 16.2. The Morgan fingerprint density at radius 1 is 1.50 bits per heavy atom. The molecule has 0 spiro atoms. The van der Waals surface area contributed by atoms with Gasteiger partial charge in [-0.2, -0.15) is 10.4 Å². The average Bonchev–Trinajstić information content (AvgIpc) is 3.21. The van der Waals surface area contributed by atoms with Crippen molar-refractivity contribution in [1.29, 1.82) is 5.26 Å².